The Bertz CT molecular complexity index is 467. The molecule has 0 unspecified atom stereocenters. The van der Waals surface area contributed by atoms with Gasteiger partial charge in [-0.3, -0.25) is 0 Å². The molecule has 0 atom stereocenters. The molecule has 1 radical (unpaired) electrons. The van der Waals surface area contributed by atoms with E-state index in [9.17, 15) is 0 Å². The summed E-state index contributed by atoms with van der Waals surface area (Å²) in [6, 6.07) is 15.9. The van der Waals surface area contributed by atoms with E-state index in [0.717, 1.165) is 0 Å². The average molecular weight is 195 g/mol. The number of rotatable bonds is 1. The van der Waals surface area contributed by atoms with Crippen LogP contribution in [0.1, 0.15) is 16.7 Å². The van der Waals surface area contributed by atoms with Crippen molar-refractivity contribution >= 4 is 0 Å². The van der Waals surface area contributed by atoms with Gasteiger partial charge >= 0.3 is 0 Å². The van der Waals surface area contributed by atoms with Crippen molar-refractivity contribution in [3.05, 3.63) is 59.2 Å². The van der Waals surface area contributed by atoms with Crippen molar-refractivity contribution in [1.82, 2.24) is 0 Å². The van der Waals surface area contributed by atoms with Crippen LogP contribution in [0.3, 0.4) is 0 Å². The van der Waals surface area contributed by atoms with Gasteiger partial charge in [0.1, 0.15) is 0 Å². The summed E-state index contributed by atoms with van der Waals surface area (Å²) < 4.78 is 0. The van der Waals surface area contributed by atoms with Crippen LogP contribution in [0.2, 0.25) is 0 Å². The SMILES string of the molecule is Cc1[c]cc(-c2ccccc2)c(C)c1C. The normalized spacial score (nSPS) is 10.3. The first-order valence-corrected chi connectivity index (χ1v) is 5.24. The Hall–Kier alpha value is -1.56. The van der Waals surface area contributed by atoms with E-state index in [1.165, 1.54) is 27.8 Å². The molecule has 0 amide bonds. The lowest BCUT2D eigenvalue weighted by atomic mass is 9.94. The first-order valence-electron chi connectivity index (χ1n) is 5.24. The van der Waals surface area contributed by atoms with Crippen LogP contribution >= 0.6 is 0 Å². The maximum Gasteiger partial charge on any atom is -0.0143 e. The molecular formula is C15H15. The molecule has 0 bridgehead atoms. The number of aryl methyl sites for hydroxylation is 1. The van der Waals surface area contributed by atoms with Crippen LogP contribution in [0.25, 0.3) is 11.1 Å². The van der Waals surface area contributed by atoms with E-state index in [4.69, 9.17) is 0 Å². The summed E-state index contributed by atoms with van der Waals surface area (Å²) in [4.78, 5) is 0. The van der Waals surface area contributed by atoms with Crippen LogP contribution < -0.4 is 0 Å². The molecule has 0 saturated heterocycles. The first-order chi connectivity index (χ1) is 7.20. The third kappa shape index (κ3) is 1.80. The molecule has 0 spiro atoms. The predicted octanol–water partition coefficient (Wildman–Crippen LogP) is 4.08. The third-order valence-corrected chi connectivity index (χ3v) is 3.05. The van der Waals surface area contributed by atoms with Crippen LogP contribution in [0.15, 0.2) is 36.4 Å². The zero-order valence-electron chi connectivity index (χ0n) is 9.46. The van der Waals surface area contributed by atoms with Gasteiger partial charge in [-0.1, -0.05) is 30.3 Å². The lowest BCUT2D eigenvalue weighted by molar-refractivity contribution is 1.26. The summed E-state index contributed by atoms with van der Waals surface area (Å²) in [5, 5.41) is 0. The molecule has 0 aliphatic carbocycles. The second-order valence-corrected chi connectivity index (χ2v) is 3.94. The van der Waals surface area contributed by atoms with Gasteiger partial charge in [0.25, 0.3) is 0 Å². The minimum Gasteiger partial charge on any atom is -0.0622 e. The highest BCUT2D eigenvalue weighted by molar-refractivity contribution is 5.68. The Balaban J connectivity index is 2.60. The summed E-state index contributed by atoms with van der Waals surface area (Å²) in [6.07, 6.45) is 0. The van der Waals surface area contributed by atoms with E-state index in [1.54, 1.807) is 0 Å². The number of hydrogen-bond acceptors (Lipinski definition) is 0. The quantitative estimate of drug-likeness (QED) is 0.643. The third-order valence-electron chi connectivity index (χ3n) is 3.05. The van der Waals surface area contributed by atoms with Crippen LogP contribution in [0.5, 0.6) is 0 Å². The summed E-state index contributed by atoms with van der Waals surface area (Å²) in [5.41, 5.74) is 6.51. The van der Waals surface area contributed by atoms with E-state index in [1.807, 2.05) is 6.07 Å². The van der Waals surface area contributed by atoms with Crippen molar-refractivity contribution in [1.29, 1.82) is 0 Å². The van der Waals surface area contributed by atoms with Gasteiger partial charge < -0.3 is 0 Å². The van der Waals surface area contributed by atoms with E-state index in [0.29, 0.717) is 0 Å². The molecule has 0 heterocycles. The average Bonchev–Trinajstić information content (AvgIpc) is 2.27. The van der Waals surface area contributed by atoms with Gasteiger partial charge in [-0.25, -0.2) is 0 Å². The Labute approximate surface area is 91.6 Å². The molecule has 0 N–H and O–H groups in total. The van der Waals surface area contributed by atoms with Crippen molar-refractivity contribution in [2.45, 2.75) is 20.8 Å². The van der Waals surface area contributed by atoms with Gasteiger partial charge in [0, 0.05) is 0 Å². The molecule has 0 fully saturated rings. The molecule has 0 heteroatoms. The molecule has 2 aromatic rings. The lowest BCUT2D eigenvalue weighted by Gasteiger charge is -2.10. The van der Waals surface area contributed by atoms with E-state index in [2.05, 4.69) is 57.2 Å². The molecule has 0 aromatic heterocycles. The van der Waals surface area contributed by atoms with Gasteiger partial charge in [-0.15, -0.1) is 0 Å². The second-order valence-electron chi connectivity index (χ2n) is 3.94. The Morgan fingerprint density at radius 1 is 0.867 bits per heavy atom. The zero-order chi connectivity index (χ0) is 10.8. The zero-order valence-corrected chi connectivity index (χ0v) is 9.46. The fourth-order valence-electron chi connectivity index (χ4n) is 1.80. The van der Waals surface area contributed by atoms with Crippen molar-refractivity contribution in [3.8, 4) is 11.1 Å². The maximum atomic E-state index is 3.31. The Morgan fingerprint density at radius 3 is 2.20 bits per heavy atom. The summed E-state index contributed by atoms with van der Waals surface area (Å²) >= 11 is 0. The number of benzene rings is 2. The van der Waals surface area contributed by atoms with Gasteiger partial charge in [-0.05, 0) is 60.7 Å². The van der Waals surface area contributed by atoms with Gasteiger partial charge in [0.05, 0.1) is 0 Å². The predicted molar refractivity (Wildman–Crippen MR) is 64.9 cm³/mol. The van der Waals surface area contributed by atoms with Gasteiger partial charge in [0.2, 0.25) is 0 Å². The largest absolute Gasteiger partial charge is 0.0622 e. The maximum absolute atomic E-state index is 3.31. The molecule has 2 aromatic carbocycles. The molecule has 75 valence electrons. The molecule has 15 heavy (non-hydrogen) atoms. The molecule has 0 aliphatic heterocycles. The van der Waals surface area contributed by atoms with Crippen LogP contribution in [0, 0.1) is 26.8 Å². The molecule has 0 saturated carbocycles. The highest BCUT2D eigenvalue weighted by atomic mass is 14.1. The fourth-order valence-corrected chi connectivity index (χ4v) is 1.80. The highest BCUT2D eigenvalue weighted by Gasteiger charge is 2.05. The molecular weight excluding hydrogens is 180 g/mol. The van der Waals surface area contributed by atoms with Gasteiger partial charge in [0.15, 0.2) is 0 Å². The summed E-state index contributed by atoms with van der Waals surface area (Å²) in [6.45, 7) is 6.45. The number of hydrogen-bond donors (Lipinski definition) is 0. The van der Waals surface area contributed by atoms with E-state index < -0.39 is 0 Å². The van der Waals surface area contributed by atoms with Crippen LogP contribution in [0.4, 0.5) is 0 Å². The lowest BCUT2D eigenvalue weighted by Crippen LogP contribution is -1.90. The standard InChI is InChI=1S/C15H15/c1-11-9-10-15(13(3)12(11)2)14-7-5-4-6-8-14/h4-8,10H,1-3H3. The Morgan fingerprint density at radius 2 is 1.53 bits per heavy atom. The second kappa shape index (κ2) is 3.90. The minimum atomic E-state index is 1.24. The monoisotopic (exact) mass is 195 g/mol. The van der Waals surface area contributed by atoms with Crippen LogP contribution in [-0.2, 0) is 0 Å². The smallest absolute Gasteiger partial charge is 0.0143 e. The molecule has 2 rings (SSSR count). The summed E-state index contributed by atoms with van der Waals surface area (Å²) in [7, 11) is 0. The van der Waals surface area contributed by atoms with Crippen molar-refractivity contribution in [2.24, 2.45) is 0 Å². The summed E-state index contributed by atoms with van der Waals surface area (Å²) in [5.74, 6) is 0. The Kier molecular flexibility index (Phi) is 2.59. The van der Waals surface area contributed by atoms with Crippen molar-refractivity contribution in [3.63, 3.8) is 0 Å². The first kappa shape index (κ1) is 9.97. The van der Waals surface area contributed by atoms with E-state index in [-0.39, 0.29) is 0 Å². The van der Waals surface area contributed by atoms with Crippen LogP contribution in [-0.4, -0.2) is 0 Å². The van der Waals surface area contributed by atoms with Crippen molar-refractivity contribution in [2.75, 3.05) is 0 Å². The fraction of sp³-hybridized carbons (Fsp3) is 0.200. The minimum absolute atomic E-state index is 1.24. The van der Waals surface area contributed by atoms with Crippen molar-refractivity contribution < 1.29 is 0 Å². The van der Waals surface area contributed by atoms with Gasteiger partial charge in [-0.2, -0.15) is 0 Å². The highest BCUT2D eigenvalue weighted by Crippen LogP contribution is 2.26. The molecule has 0 nitrogen and oxygen atoms in total. The molecule has 0 aliphatic rings. The van der Waals surface area contributed by atoms with E-state index >= 15 is 0 Å². The topological polar surface area (TPSA) is 0 Å².